The van der Waals surface area contributed by atoms with Crippen LogP contribution in [-0.2, 0) is 24.6 Å². The lowest BCUT2D eigenvalue weighted by Crippen LogP contribution is -2.60. The maximum absolute atomic E-state index is 14.2. The van der Waals surface area contributed by atoms with Crippen molar-refractivity contribution in [1.82, 2.24) is 0 Å². The molecule has 3 fully saturated rings. The summed E-state index contributed by atoms with van der Waals surface area (Å²) in [7, 11) is 0. The molecule has 1 saturated carbocycles. The van der Waals surface area contributed by atoms with Gasteiger partial charge >= 0.3 is 0 Å². The van der Waals surface area contributed by atoms with Crippen LogP contribution in [0.25, 0.3) is 0 Å². The fourth-order valence-corrected chi connectivity index (χ4v) is 7.43. The maximum Gasteiger partial charge on any atom is 0.269 e. The molecule has 0 N–H and O–H groups in total. The number of nitro groups is 2. The van der Waals surface area contributed by atoms with E-state index in [1.165, 1.54) is 48.5 Å². The molecule has 3 aromatic carbocycles. The second kappa shape index (κ2) is 8.74. The van der Waals surface area contributed by atoms with Crippen molar-refractivity contribution < 1.29 is 29.0 Å². The van der Waals surface area contributed by atoms with E-state index >= 15 is 0 Å². The number of anilines is 2. The van der Waals surface area contributed by atoms with Crippen LogP contribution < -0.4 is 9.80 Å². The highest BCUT2D eigenvalue weighted by Crippen LogP contribution is 2.65. The largest absolute Gasteiger partial charge is 0.274 e. The third kappa shape index (κ3) is 3.17. The van der Waals surface area contributed by atoms with E-state index in [0.717, 1.165) is 9.80 Å². The van der Waals surface area contributed by atoms with Crippen LogP contribution in [0.1, 0.15) is 5.56 Å². The normalized spacial score (nSPS) is 29.2. The lowest BCUT2D eigenvalue weighted by Gasteiger charge is -2.53. The van der Waals surface area contributed by atoms with Crippen LogP contribution in [0.4, 0.5) is 22.7 Å². The van der Waals surface area contributed by atoms with Crippen molar-refractivity contribution in [3.05, 3.63) is 117 Å². The van der Waals surface area contributed by atoms with Crippen molar-refractivity contribution in [2.45, 2.75) is 5.41 Å². The van der Waals surface area contributed by atoms with Gasteiger partial charge in [0.1, 0.15) is 0 Å². The van der Waals surface area contributed by atoms with E-state index in [2.05, 4.69) is 0 Å². The van der Waals surface area contributed by atoms with Crippen LogP contribution in [0, 0.1) is 49.8 Å². The minimum absolute atomic E-state index is 0.169. The van der Waals surface area contributed by atoms with E-state index in [1.54, 1.807) is 42.5 Å². The molecule has 4 atom stereocenters. The van der Waals surface area contributed by atoms with Crippen LogP contribution in [0.15, 0.2) is 91.0 Å². The summed E-state index contributed by atoms with van der Waals surface area (Å²) in [5, 5.41) is 22.3. The third-order valence-electron chi connectivity index (χ3n) is 9.07. The molecule has 42 heavy (non-hydrogen) atoms. The molecule has 3 aliphatic carbocycles. The monoisotopic (exact) mass is 564 g/mol. The Kier molecular flexibility index (Phi) is 5.29. The summed E-state index contributed by atoms with van der Waals surface area (Å²) in [6.07, 6.45) is 3.54. The van der Waals surface area contributed by atoms with E-state index in [0.29, 0.717) is 5.56 Å². The zero-order valence-corrected chi connectivity index (χ0v) is 21.6. The number of rotatable bonds is 5. The quantitative estimate of drug-likeness (QED) is 0.197. The smallest absolute Gasteiger partial charge is 0.269 e. The Labute approximate surface area is 237 Å². The van der Waals surface area contributed by atoms with Gasteiger partial charge in [0.25, 0.3) is 11.4 Å². The fourth-order valence-electron chi connectivity index (χ4n) is 7.43. The van der Waals surface area contributed by atoms with Crippen molar-refractivity contribution in [2.24, 2.45) is 29.6 Å². The molecule has 0 aromatic heterocycles. The average molecular weight is 565 g/mol. The molecule has 5 aliphatic rings. The highest BCUT2D eigenvalue weighted by atomic mass is 16.6. The molecular formula is C30H20N4O8. The third-order valence-corrected chi connectivity index (χ3v) is 9.07. The Bertz CT molecular complexity index is 1650. The van der Waals surface area contributed by atoms with E-state index in [1.807, 2.05) is 0 Å². The SMILES string of the molecule is O=C1[C@@H]2C3C=CC(c4ccccc4)([C@@H]2C(=O)N1c1ccc([N+](=O)[O-])cc1)[C@@H]1C(=O)N(c2ccc([N+](=O)[O-])cc2)C(=O)[C@H]31. The summed E-state index contributed by atoms with van der Waals surface area (Å²) in [6.45, 7) is 0. The van der Waals surface area contributed by atoms with Crippen molar-refractivity contribution in [2.75, 3.05) is 9.80 Å². The van der Waals surface area contributed by atoms with Gasteiger partial charge in [-0.2, -0.15) is 0 Å². The molecular weight excluding hydrogens is 544 g/mol. The fraction of sp³-hybridized carbons (Fsp3) is 0.200. The Morgan fingerprint density at radius 2 is 1.02 bits per heavy atom. The van der Waals surface area contributed by atoms with Crippen LogP contribution in [0.3, 0.4) is 0 Å². The molecule has 0 spiro atoms. The van der Waals surface area contributed by atoms with Gasteiger partial charge in [-0.15, -0.1) is 0 Å². The molecule has 3 aromatic rings. The zero-order valence-electron chi connectivity index (χ0n) is 21.6. The summed E-state index contributed by atoms with van der Waals surface area (Å²) in [5.41, 5.74) is -0.797. The highest BCUT2D eigenvalue weighted by molar-refractivity contribution is 6.27. The lowest BCUT2D eigenvalue weighted by molar-refractivity contribution is -0.385. The first-order valence-corrected chi connectivity index (χ1v) is 13.2. The zero-order chi connectivity index (χ0) is 29.5. The number of hydrogen-bond donors (Lipinski definition) is 0. The Morgan fingerprint density at radius 3 is 1.43 bits per heavy atom. The van der Waals surface area contributed by atoms with Gasteiger partial charge in [-0.05, 0) is 29.8 Å². The van der Waals surface area contributed by atoms with Gasteiger partial charge in [-0.3, -0.25) is 39.4 Å². The summed E-state index contributed by atoms with van der Waals surface area (Å²) in [6, 6.07) is 19.0. The molecule has 12 heteroatoms. The molecule has 0 radical (unpaired) electrons. The first-order valence-electron chi connectivity index (χ1n) is 13.2. The van der Waals surface area contributed by atoms with Crippen LogP contribution in [0.2, 0.25) is 0 Å². The molecule has 208 valence electrons. The molecule has 4 amide bonds. The van der Waals surface area contributed by atoms with Gasteiger partial charge in [0.15, 0.2) is 0 Å². The number of allylic oxidation sites excluding steroid dienone is 2. The first-order chi connectivity index (χ1) is 20.2. The van der Waals surface area contributed by atoms with Gasteiger partial charge < -0.3 is 0 Å². The summed E-state index contributed by atoms with van der Waals surface area (Å²) in [4.78, 5) is 79.7. The van der Waals surface area contributed by atoms with Crippen molar-refractivity contribution >= 4 is 46.4 Å². The molecule has 0 unspecified atom stereocenters. The van der Waals surface area contributed by atoms with Gasteiger partial charge in [0.05, 0.1) is 44.9 Å². The number of benzene rings is 3. The number of hydrogen-bond acceptors (Lipinski definition) is 8. The lowest BCUT2D eigenvalue weighted by atomic mass is 9.45. The van der Waals surface area contributed by atoms with E-state index in [4.69, 9.17) is 0 Å². The van der Waals surface area contributed by atoms with E-state index in [9.17, 15) is 39.4 Å². The molecule has 12 nitrogen and oxygen atoms in total. The molecule has 2 bridgehead atoms. The van der Waals surface area contributed by atoms with Gasteiger partial charge in [-0.1, -0.05) is 42.5 Å². The Morgan fingerprint density at radius 1 is 0.595 bits per heavy atom. The van der Waals surface area contributed by atoms with E-state index < -0.39 is 68.5 Å². The van der Waals surface area contributed by atoms with Gasteiger partial charge in [0.2, 0.25) is 23.6 Å². The van der Waals surface area contributed by atoms with Crippen LogP contribution in [0.5, 0.6) is 0 Å². The van der Waals surface area contributed by atoms with Gasteiger partial charge in [0, 0.05) is 35.6 Å². The molecule has 8 rings (SSSR count). The predicted molar refractivity (Wildman–Crippen MR) is 146 cm³/mol. The number of non-ortho nitro benzene ring substituents is 2. The van der Waals surface area contributed by atoms with E-state index in [-0.39, 0.29) is 22.7 Å². The molecule has 2 aliphatic heterocycles. The van der Waals surface area contributed by atoms with Crippen LogP contribution in [-0.4, -0.2) is 33.5 Å². The maximum atomic E-state index is 14.2. The molecule has 2 heterocycles. The predicted octanol–water partition coefficient (Wildman–Crippen LogP) is 3.55. The summed E-state index contributed by atoms with van der Waals surface area (Å²) >= 11 is 0. The van der Waals surface area contributed by atoms with Crippen molar-refractivity contribution in [3.63, 3.8) is 0 Å². The summed E-state index contributed by atoms with van der Waals surface area (Å²) < 4.78 is 0. The molecule has 2 saturated heterocycles. The standard InChI is InChI=1S/C30H20N4O8/c35-26-22-21-14-15-30(16-4-2-1-3-5-16,24(22)28(37)31(26)17-6-10-19(11-7-17)33(39)40)25-23(21)27(36)32(29(25)38)18-8-12-20(13-9-18)34(41)42/h1-15,21-25H/t21?,22-,23-,24+,25+,30?/m1/s1. The minimum atomic E-state index is -1.34. The number of amides is 4. The number of nitro benzene ring substituents is 2. The van der Waals surface area contributed by atoms with Crippen molar-refractivity contribution in [3.8, 4) is 0 Å². The topological polar surface area (TPSA) is 161 Å². The number of carbonyl (C=O) groups is 4. The highest BCUT2D eigenvalue weighted by Gasteiger charge is 2.75. The van der Waals surface area contributed by atoms with Gasteiger partial charge in [-0.25, -0.2) is 9.80 Å². The number of nitrogens with zero attached hydrogens (tertiary/aromatic N) is 4. The van der Waals surface area contributed by atoms with Crippen molar-refractivity contribution in [1.29, 1.82) is 0 Å². The first kappa shape index (κ1) is 25.4. The summed E-state index contributed by atoms with van der Waals surface area (Å²) in [5.74, 6) is -6.86. The minimum Gasteiger partial charge on any atom is -0.274 e. The average Bonchev–Trinajstić information content (AvgIpc) is 3.44. The Balaban J connectivity index is 1.37. The van der Waals surface area contributed by atoms with Crippen LogP contribution >= 0.6 is 0 Å². The second-order valence-corrected chi connectivity index (χ2v) is 10.8. The second-order valence-electron chi connectivity index (χ2n) is 10.8. The number of carbonyl (C=O) groups excluding carboxylic acids is 4. The Hall–Kier alpha value is -5.52. The number of imide groups is 2.